The summed E-state index contributed by atoms with van der Waals surface area (Å²) < 4.78 is 0. The summed E-state index contributed by atoms with van der Waals surface area (Å²) in [7, 11) is 0. The van der Waals surface area contributed by atoms with Crippen molar-refractivity contribution in [1.29, 1.82) is 0 Å². The van der Waals surface area contributed by atoms with E-state index in [1.165, 1.54) is 11.3 Å². The number of thiophene rings is 1. The number of nitrogens with zero attached hydrogens (tertiary/aromatic N) is 1. The molecule has 2 aromatic rings. The van der Waals surface area contributed by atoms with Crippen LogP contribution >= 0.6 is 11.3 Å². The number of fused-ring (bicyclic) bond motifs is 1. The second-order valence-electron chi connectivity index (χ2n) is 10.1. The highest BCUT2D eigenvalue weighted by molar-refractivity contribution is 7.17. The van der Waals surface area contributed by atoms with Crippen LogP contribution in [0, 0.1) is 0 Å². The molecule has 2 aliphatic rings. The van der Waals surface area contributed by atoms with E-state index < -0.39 is 35.8 Å². The summed E-state index contributed by atoms with van der Waals surface area (Å²) in [4.78, 5) is 52.7. The molecule has 5 amide bonds. The minimum atomic E-state index is -1.27. The molecule has 0 spiro atoms. The third-order valence-corrected chi connectivity index (χ3v) is 7.78. The van der Waals surface area contributed by atoms with E-state index in [0.717, 1.165) is 46.6 Å². The van der Waals surface area contributed by atoms with Gasteiger partial charge in [0, 0.05) is 4.88 Å². The maximum absolute atomic E-state index is 13.2. The zero-order valence-corrected chi connectivity index (χ0v) is 20.7. The van der Waals surface area contributed by atoms with Gasteiger partial charge in [-0.05, 0) is 54.7 Å². The molecule has 2 heterocycles. The number of nitrogens with two attached hydrogens (primary N) is 1. The maximum atomic E-state index is 13.2. The summed E-state index contributed by atoms with van der Waals surface area (Å²) in [6.45, 7) is 7.47. The van der Waals surface area contributed by atoms with E-state index >= 15 is 0 Å². The Kier molecular flexibility index (Phi) is 6.01. The Balaban J connectivity index is 1.51. The Hall–Kier alpha value is -3.20. The van der Waals surface area contributed by atoms with E-state index in [-0.39, 0.29) is 5.41 Å². The Morgan fingerprint density at radius 2 is 1.79 bits per heavy atom. The van der Waals surface area contributed by atoms with Crippen molar-refractivity contribution >= 4 is 40.1 Å². The van der Waals surface area contributed by atoms with Gasteiger partial charge in [0.25, 0.3) is 11.8 Å². The number of rotatable bonds is 5. The number of urea groups is 1. The topological polar surface area (TPSA) is 122 Å². The van der Waals surface area contributed by atoms with Gasteiger partial charge in [-0.1, -0.05) is 45.0 Å². The highest BCUT2D eigenvalue weighted by Gasteiger charge is 2.49. The molecule has 9 heteroatoms. The number of carbonyl (C=O) groups is 4. The lowest BCUT2D eigenvalue weighted by Crippen LogP contribution is -2.42. The number of amides is 5. The van der Waals surface area contributed by atoms with Gasteiger partial charge in [-0.25, -0.2) is 4.79 Å². The summed E-state index contributed by atoms with van der Waals surface area (Å²) in [6.07, 6.45) is 3.58. The summed E-state index contributed by atoms with van der Waals surface area (Å²) >= 11 is 1.34. The van der Waals surface area contributed by atoms with Crippen molar-refractivity contribution in [1.82, 2.24) is 10.2 Å². The molecule has 0 bridgehead atoms. The van der Waals surface area contributed by atoms with Crippen LogP contribution in [0.25, 0.3) is 0 Å². The molecule has 1 atom stereocenters. The van der Waals surface area contributed by atoms with E-state index in [4.69, 9.17) is 5.73 Å². The number of hydrogen-bond acceptors (Lipinski definition) is 5. The SMILES string of the molecule is CC(C)(C)c1ccc([C@]2(C)NC(=O)N(CC(=O)Nc3sc4c(c3C(N)=O)CCCC4)C2=O)cc1. The van der Waals surface area contributed by atoms with Crippen molar-refractivity contribution in [3.8, 4) is 0 Å². The van der Waals surface area contributed by atoms with Gasteiger partial charge in [-0.15, -0.1) is 11.3 Å². The van der Waals surface area contributed by atoms with Crippen molar-refractivity contribution < 1.29 is 19.2 Å². The number of benzene rings is 1. The van der Waals surface area contributed by atoms with Crippen molar-refractivity contribution in [3.05, 3.63) is 51.4 Å². The number of carbonyl (C=O) groups excluding carboxylic acids is 4. The lowest BCUT2D eigenvalue weighted by molar-refractivity contribution is -0.133. The Morgan fingerprint density at radius 3 is 2.41 bits per heavy atom. The van der Waals surface area contributed by atoms with E-state index in [1.807, 2.05) is 24.3 Å². The predicted octanol–water partition coefficient (Wildman–Crippen LogP) is 3.43. The molecule has 1 saturated heterocycles. The standard InChI is InChI=1S/C25H30N4O4S/c1-24(2,3)14-9-11-15(12-10-14)25(4)22(32)29(23(33)28-25)13-18(30)27-21-19(20(26)31)16-7-5-6-8-17(16)34-21/h9-12H,5-8,13H2,1-4H3,(H2,26,31)(H,27,30)(H,28,33)/t25-/m0/s1. The van der Waals surface area contributed by atoms with Crippen LogP contribution in [-0.4, -0.2) is 35.2 Å². The second kappa shape index (κ2) is 8.54. The lowest BCUT2D eigenvalue weighted by atomic mass is 9.84. The van der Waals surface area contributed by atoms with E-state index in [2.05, 4.69) is 31.4 Å². The molecule has 180 valence electrons. The van der Waals surface area contributed by atoms with Gasteiger partial charge in [0.1, 0.15) is 17.1 Å². The first-order valence-electron chi connectivity index (χ1n) is 11.4. The Bertz CT molecular complexity index is 1180. The van der Waals surface area contributed by atoms with E-state index in [0.29, 0.717) is 16.1 Å². The van der Waals surface area contributed by atoms with Crippen LogP contribution in [0.15, 0.2) is 24.3 Å². The average molecular weight is 483 g/mol. The number of aryl methyl sites for hydroxylation is 1. The van der Waals surface area contributed by atoms with Gasteiger partial charge in [-0.3, -0.25) is 19.3 Å². The molecule has 0 unspecified atom stereocenters. The van der Waals surface area contributed by atoms with E-state index in [1.54, 1.807) is 6.92 Å². The summed E-state index contributed by atoms with van der Waals surface area (Å²) in [5.41, 5.74) is 7.27. The first-order chi connectivity index (χ1) is 15.9. The largest absolute Gasteiger partial charge is 0.365 e. The maximum Gasteiger partial charge on any atom is 0.325 e. The monoisotopic (exact) mass is 482 g/mol. The van der Waals surface area contributed by atoms with E-state index in [9.17, 15) is 19.2 Å². The molecule has 0 saturated carbocycles. The minimum absolute atomic E-state index is 0.0444. The normalized spacial score (nSPS) is 20.2. The van der Waals surface area contributed by atoms with Crippen LogP contribution in [0.5, 0.6) is 0 Å². The first kappa shape index (κ1) is 23.9. The molecular formula is C25H30N4O4S. The molecule has 1 aromatic heterocycles. The van der Waals surface area contributed by atoms with Gasteiger partial charge in [0.05, 0.1) is 5.56 Å². The third kappa shape index (κ3) is 4.20. The lowest BCUT2D eigenvalue weighted by Gasteiger charge is -2.24. The molecule has 1 aliphatic carbocycles. The Labute approximate surface area is 202 Å². The molecular weight excluding hydrogens is 452 g/mol. The van der Waals surface area contributed by atoms with Crippen LogP contribution < -0.4 is 16.4 Å². The van der Waals surface area contributed by atoms with Crippen LogP contribution in [0.2, 0.25) is 0 Å². The molecule has 1 aliphatic heterocycles. The van der Waals surface area contributed by atoms with Crippen LogP contribution in [0.3, 0.4) is 0 Å². The van der Waals surface area contributed by atoms with Crippen molar-refractivity contribution in [2.45, 2.75) is 64.3 Å². The quantitative estimate of drug-likeness (QED) is 0.565. The van der Waals surface area contributed by atoms with Gasteiger partial charge >= 0.3 is 6.03 Å². The number of imide groups is 1. The zero-order chi connectivity index (χ0) is 24.8. The number of anilines is 1. The molecule has 1 aromatic carbocycles. The molecule has 4 N–H and O–H groups in total. The molecule has 4 rings (SSSR count). The van der Waals surface area contributed by atoms with Crippen LogP contribution in [0.1, 0.15) is 72.5 Å². The second-order valence-corrected chi connectivity index (χ2v) is 11.2. The van der Waals surface area contributed by atoms with Gasteiger partial charge in [-0.2, -0.15) is 0 Å². The van der Waals surface area contributed by atoms with Crippen molar-refractivity contribution in [2.24, 2.45) is 5.73 Å². The van der Waals surface area contributed by atoms with Gasteiger partial charge in [0.15, 0.2) is 0 Å². The molecule has 0 radical (unpaired) electrons. The number of nitrogens with one attached hydrogen (secondary N) is 2. The van der Waals surface area contributed by atoms with Gasteiger partial charge < -0.3 is 16.4 Å². The molecule has 1 fully saturated rings. The Morgan fingerprint density at radius 1 is 1.15 bits per heavy atom. The van der Waals surface area contributed by atoms with Crippen molar-refractivity contribution in [2.75, 3.05) is 11.9 Å². The number of primary amides is 1. The fourth-order valence-electron chi connectivity index (χ4n) is 4.56. The molecule has 8 nitrogen and oxygen atoms in total. The predicted molar refractivity (Wildman–Crippen MR) is 131 cm³/mol. The van der Waals surface area contributed by atoms with Crippen LogP contribution in [-0.2, 0) is 33.4 Å². The first-order valence-corrected chi connectivity index (χ1v) is 12.2. The summed E-state index contributed by atoms with van der Waals surface area (Å²) in [5.74, 6) is -1.65. The van der Waals surface area contributed by atoms with Crippen LogP contribution in [0.4, 0.5) is 9.80 Å². The summed E-state index contributed by atoms with van der Waals surface area (Å²) in [5, 5.41) is 5.83. The average Bonchev–Trinajstić information content (AvgIpc) is 3.23. The smallest absolute Gasteiger partial charge is 0.325 e. The highest BCUT2D eigenvalue weighted by atomic mass is 32.1. The van der Waals surface area contributed by atoms with Crippen molar-refractivity contribution in [3.63, 3.8) is 0 Å². The third-order valence-electron chi connectivity index (χ3n) is 6.58. The zero-order valence-electron chi connectivity index (χ0n) is 19.9. The minimum Gasteiger partial charge on any atom is -0.365 e. The fraction of sp³-hybridized carbons (Fsp3) is 0.440. The number of hydrogen-bond donors (Lipinski definition) is 3. The molecule has 34 heavy (non-hydrogen) atoms. The fourth-order valence-corrected chi connectivity index (χ4v) is 5.87. The highest BCUT2D eigenvalue weighted by Crippen LogP contribution is 2.38. The van der Waals surface area contributed by atoms with Gasteiger partial charge in [0.2, 0.25) is 5.91 Å². The summed E-state index contributed by atoms with van der Waals surface area (Å²) in [6, 6.07) is 6.91.